The Morgan fingerprint density at radius 3 is 2.73 bits per heavy atom. The molecule has 0 unspecified atom stereocenters. The SMILES string of the molecule is Cc1cc(NC2CCCCC2)c2c(ccc3nc[nH]c32)n1.Cl. The van der Waals surface area contributed by atoms with E-state index in [4.69, 9.17) is 0 Å². The molecule has 1 fully saturated rings. The summed E-state index contributed by atoms with van der Waals surface area (Å²) in [4.78, 5) is 12.3. The van der Waals surface area contributed by atoms with Gasteiger partial charge in [0.15, 0.2) is 0 Å². The van der Waals surface area contributed by atoms with E-state index < -0.39 is 0 Å². The van der Waals surface area contributed by atoms with Crippen LogP contribution in [0.2, 0.25) is 0 Å². The van der Waals surface area contributed by atoms with Crippen LogP contribution in [0.4, 0.5) is 5.69 Å². The molecule has 1 aliphatic rings. The van der Waals surface area contributed by atoms with E-state index in [1.807, 2.05) is 6.07 Å². The Hall–Kier alpha value is -1.81. The molecule has 0 atom stereocenters. The molecule has 0 aliphatic heterocycles. The second-order valence-electron chi connectivity index (χ2n) is 6.05. The topological polar surface area (TPSA) is 53.6 Å². The van der Waals surface area contributed by atoms with Crippen molar-refractivity contribution < 1.29 is 0 Å². The molecular weight excluding hydrogens is 296 g/mol. The van der Waals surface area contributed by atoms with E-state index in [-0.39, 0.29) is 12.4 Å². The smallest absolute Gasteiger partial charge is 0.0932 e. The van der Waals surface area contributed by atoms with Gasteiger partial charge in [0, 0.05) is 22.8 Å². The molecule has 116 valence electrons. The van der Waals surface area contributed by atoms with Gasteiger partial charge in [-0.25, -0.2) is 4.98 Å². The summed E-state index contributed by atoms with van der Waals surface area (Å²) in [5.74, 6) is 0. The van der Waals surface area contributed by atoms with Gasteiger partial charge in [-0.2, -0.15) is 0 Å². The number of aryl methyl sites for hydroxylation is 1. The first-order valence-corrected chi connectivity index (χ1v) is 7.81. The molecule has 2 heterocycles. The highest BCUT2D eigenvalue weighted by molar-refractivity contribution is 6.09. The number of H-pyrrole nitrogens is 1. The van der Waals surface area contributed by atoms with E-state index in [2.05, 4.69) is 39.3 Å². The predicted octanol–water partition coefficient (Wildman–Crippen LogP) is 4.59. The van der Waals surface area contributed by atoms with Crippen LogP contribution in [0.5, 0.6) is 0 Å². The van der Waals surface area contributed by atoms with Gasteiger partial charge < -0.3 is 10.3 Å². The number of nitrogens with one attached hydrogen (secondary N) is 2. The molecule has 0 amide bonds. The lowest BCUT2D eigenvalue weighted by Crippen LogP contribution is -2.22. The molecule has 1 aliphatic carbocycles. The molecule has 2 aromatic heterocycles. The second kappa shape index (κ2) is 6.13. The number of pyridine rings is 1. The molecule has 22 heavy (non-hydrogen) atoms. The second-order valence-corrected chi connectivity index (χ2v) is 6.05. The number of benzene rings is 1. The van der Waals surface area contributed by atoms with Gasteiger partial charge in [0.25, 0.3) is 0 Å². The van der Waals surface area contributed by atoms with E-state index in [1.54, 1.807) is 6.33 Å². The number of hydrogen-bond acceptors (Lipinski definition) is 3. The van der Waals surface area contributed by atoms with Crippen LogP contribution < -0.4 is 5.32 Å². The van der Waals surface area contributed by atoms with Crippen molar-refractivity contribution in [2.75, 3.05) is 5.32 Å². The van der Waals surface area contributed by atoms with Crippen LogP contribution >= 0.6 is 12.4 Å². The van der Waals surface area contributed by atoms with Gasteiger partial charge in [-0.15, -0.1) is 12.4 Å². The van der Waals surface area contributed by atoms with E-state index in [0.717, 1.165) is 22.2 Å². The molecule has 1 saturated carbocycles. The molecular formula is C17H21ClN4. The van der Waals surface area contributed by atoms with Crippen LogP contribution in [0.15, 0.2) is 24.5 Å². The molecule has 4 nitrogen and oxygen atoms in total. The number of hydrogen-bond donors (Lipinski definition) is 2. The largest absolute Gasteiger partial charge is 0.382 e. The number of halogens is 1. The van der Waals surface area contributed by atoms with Crippen LogP contribution in [0.1, 0.15) is 37.8 Å². The lowest BCUT2D eigenvalue weighted by Gasteiger charge is -2.24. The molecule has 5 heteroatoms. The fourth-order valence-electron chi connectivity index (χ4n) is 3.45. The van der Waals surface area contributed by atoms with E-state index in [1.165, 1.54) is 43.2 Å². The van der Waals surface area contributed by atoms with Crippen molar-refractivity contribution in [2.24, 2.45) is 0 Å². The maximum atomic E-state index is 4.67. The molecule has 2 N–H and O–H groups in total. The van der Waals surface area contributed by atoms with Gasteiger partial charge in [-0.3, -0.25) is 4.98 Å². The Kier molecular flexibility index (Phi) is 4.21. The van der Waals surface area contributed by atoms with E-state index >= 15 is 0 Å². The van der Waals surface area contributed by atoms with E-state index in [9.17, 15) is 0 Å². The molecule has 0 bridgehead atoms. The number of aromatic amines is 1. The van der Waals surface area contributed by atoms with Crippen molar-refractivity contribution in [1.29, 1.82) is 0 Å². The minimum absolute atomic E-state index is 0. The van der Waals surface area contributed by atoms with E-state index in [0.29, 0.717) is 6.04 Å². The quantitative estimate of drug-likeness (QED) is 0.727. The zero-order valence-electron chi connectivity index (χ0n) is 12.7. The Balaban J connectivity index is 0.00000144. The molecule has 0 saturated heterocycles. The van der Waals surface area contributed by atoms with Crippen LogP contribution in [0, 0.1) is 6.92 Å². The minimum Gasteiger partial charge on any atom is -0.382 e. The normalized spacial score (nSPS) is 15.9. The Bertz CT molecular complexity index is 790. The monoisotopic (exact) mass is 316 g/mol. The fraction of sp³-hybridized carbons (Fsp3) is 0.412. The number of anilines is 1. The fourth-order valence-corrected chi connectivity index (χ4v) is 3.45. The highest BCUT2D eigenvalue weighted by Crippen LogP contribution is 2.31. The number of fused-ring (bicyclic) bond motifs is 3. The average Bonchev–Trinajstić information content (AvgIpc) is 2.96. The highest BCUT2D eigenvalue weighted by atomic mass is 35.5. The molecule has 1 aromatic carbocycles. The summed E-state index contributed by atoms with van der Waals surface area (Å²) >= 11 is 0. The zero-order valence-corrected chi connectivity index (χ0v) is 13.5. The maximum Gasteiger partial charge on any atom is 0.0932 e. The third kappa shape index (κ3) is 2.63. The van der Waals surface area contributed by atoms with Gasteiger partial charge in [0.1, 0.15) is 0 Å². The van der Waals surface area contributed by atoms with Gasteiger partial charge in [0.05, 0.1) is 22.9 Å². The van der Waals surface area contributed by atoms with Crippen LogP contribution in [-0.4, -0.2) is 21.0 Å². The number of nitrogens with zero attached hydrogens (tertiary/aromatic N) is 2. The Morgan fingerprint density at radius 1 is 1.14 bits per heavy atom. The first-order valence-electron chi connectivity index (χ1n) is 7.81. The summed E-state index contributed by atoms with van der Waals surface area (Å²) in [7, 11) is 0. The van der Waals surface area contributed by atoms with Crippen LogP contribution in [0.25, 0.3) is 21.9 Å². The first-order chi connectivity index (χ1) is 10.3. The number of imidazole rings is 1. The van der Waals surface area contributed by atoms with Gasteiger partial charge >= 0.3 is 0 Å². The van der Waals surface area contributed by atoms with Crippen LogP contribution in [0.3, 0.4) is 0 Å². The maximum absolute atomic E-state index is 4.67. The summed E-state index contributed by atoms with van der Waals surface area (Å²) < 4.78 is 0. The van der Waals surface area contributed by atoms with Gasteiger partial charge in [-0.1, -0.05) is 19.3 Å². The van der Waals surface area contributed by atoms with Crippen molar-refractivity contribution in [3.63, 3.8) is 0 Å². The summed E-state index contributed by atoms with van der Waals surface area (Å²) in [5.41, 5.74) is 5.36. The van der Waals surface area contributed by atoms with Crippen molar-refractivity contribution in [2.45, 2.75) is 45.1 Å². The highest BCUT2D eigenvalue weighted by Gasteiger charge is 2.16. The molecule has 3 aromatic rings. The summed E-state index contributed by atoms with van der Waals surface area (Å²) in [6, 6.07) is 6.85. The Labute approximate surface area is 136 Å². The van der Waals surface area contributed by atoms with Crippen molar-refractivity contribution in [3.8, 4) is 0 Å². The number of rotatable bonds is 2. The van der Waals surface area contributed by atoms with Gasteiger partial charge in [-0.05, 0) is 38.0 Å². The summed E-state index contributed by atoms with van der Waals surface area (Å²) in [6.45, 7) is 2.06. The van der Waals surface area contributed by atoms with Crippen LogP contribution in [-0.2, 0) is 0 Å². The zero-order chi connectivity index (χ0) is 14.2. The van der Waals surface area contributed by atoms with Crippen molar-refractivity contribution >= 4 is 40.0 Å². The number of aromatic nitrogens is 3. The van der Waals surface area contributed by atoms with Crippen molar-refractivity contribution in [1.82, 2.24) is 15.0 Å². The third-order valence-electron chi connectivity index (χ3n) is 4.46. The first kappa shape index (κ1) is 15.1. The molecule has 0 spiro atoms. The molecule has 0 radical (unpaired) electrons. The van der Waals surface area contributed by atoms with Gasteiger partial charge in [0.2, 0.25) is 0 Å². The summed E-state index contributed by atoms with van der Waals surface area (Å²) in [6.07, 6.45) is 8.33. The predicted molar refractivity (Wildman–Crippen MR) is 93.9 cm³/mol. The Morgan fingerprint density at radius 2 is 1.91 bits per heavy atom. The molecule has 4 rings (SSSR count). The summed E-state index contributed by atoms with van der Waals surface area (Å²) in [5, 5.41) is 4.93. The minimum atomic E-state index is 0. The third-order valence-corrected chi connectivity index (χ3v) is 4.46. The standard InChI is InChI=1S/C17H20N4.ClH/c1-11-9-15(21-12-5-3-2-4-6-12)16-13(20-11)7-8-14-17(16)19-10-18-14;/h7-10,12H,2-6H2,1H3,(H,18,19)(H,20,21);1H. The average molecular weight is 317 g/mol. The van der Waals surface area contributed by atoms with Crippen molar-refractivity contribution in [3.05, 3.63) is 30.2 Å². The lowest BCUT2D eigenvalue weighted by atomic mass is 9.95. The lowest BCUT2D eigenvalue weighted by molar-refractivity contribution is 0.463.